The minimum Gasteiger partial charge on any atom is -0.493 e. The molecule has 1 fully saturated rings. The molecule has 0 unspecified atom stereocenters. The lowest BCUT2D eigenvalue weighted by molar-refractivity contribution is -0.385. The number of ether oxygens (including phenoxy) is 3. The van der Waals surface area contributed by atoms with Crippen molar-refractivity contribution in [3.05, 3.63) is 58.1 Å². The summed E-state index contributed by atoms with van der Waals surface area (Å²) >= 11 is 0. The average molecular weight is 443 g/mol. The fraction of sp³-hybridized carbons (Fsp3) is 0.364. The first-order valence-electron chi connectivity index (χ1n) is 10.2. The highest BCUT2D eigenvalue weighted by Crippen LogP contribution is 2.35. The maximum Gasteiger partial charge on any atom is 0.345 e. The molecule has 0 atom stereocenters. The smallest absolute Gasteiger partial charge is 0.345 e. The molecule has 3 rings (SSSR count). The van der Waals surface area contributed by atoms with Crippen LogP contribution in [0.25, 0.3) is 0 Å². The minimum absolute atomic E-state index is 0.144. The first kappa shape index (κ1) is 22.9. The second-order valence-corrected chi connectivity index (χ2v) is 6.99. The van der Waals surface area contributed by atoms with Crippen LogP contribution in [-0.4, -0.2) is 68.2 Å². The molecule has 0 N–H and O–H groups in total. The van der Waals surface area contributed by atoms with Crippen molar-refractivity contribution in [3.63, 3.8) is 0 Å². The molecular weight excluding hydrogens is 418 g/mol. The number of nitro benzene ring substituents is 1. The number of amides is 1. The summed E-state index contributed by atoms with van der Waals surface area (Å²) in [6, 6.07) is 12.2. The average Bonchev–Trinajstić information content (AvgIpc) is 2.82. The number of rotatable bonds is 8. The van der Waals surface area contributed by atoms with Gasteiger partial charge in [-0.3, -0.25) is 14.9 Å². The monoisotopic (exact) mass is 443 g/mol. The van der Waals surface area contributed by atoms with Crippen LogP contribution in [0.2, 0.25) is 0 Å². The Morgan fingerprint density at radius 2 is 1.75 bits per heavy atom. The van der Waals surface area contributed by atoms with Gasteiger partial charge in [-0.05, 0) is 19.1 Å². The second-order valence-electron chi connectivity index (χ2n) is 6.99. The summed E-state index contributed by atoms with van der Waals surface area (Å²) in [7, 11) is 1.36. The highest BCUT2D eigenvalue weighted by Gasteiger charge is 2.28. The van der Waals surface area contributed by atoms with Gasteiger partial charge in [0.15, 0.2) is 18.1 Å². The Morgan fingerprint density at radius 3 is 2.34 bits per heavy atom. The fourth-order valence-corrected chi connectivity index (χ4v) is 3.44. The standard InChI is InChI=1S/C22H25N3O7/c1-3-31-20-14-18(25(28)29)17(13-19(20)30-2)22(27)32-15-21(26)24-11-9-23(10-12-24)16-7-5-4-6-8-16/h4-8,13-14H,3,9-12,15H2,1-2H3. The van der Waals surface area contributed by atoms with Crippen LogP contribution < -0.4 is 14.4 Å². The van der Waals surface area contributed by atoms with Crippen molar-refractivity contribution in [1.29, 1.82) is 0 Å². The van der Waals surface area contributed by atoms with Crippen LogP contribution >= 0.6 is 0 Å². The molecule has 0 spiro atoms. The second kappa shape index (κ2) is 10.5. The number of nitro groups is 1. The molecule has 1 aliphatic heterocycles. The number of benzene rings is 2. The molecule has 10 nitrogen and oxygen atoms in total. The predicted octanol–water partition coefficient (Wildman–Crippen LogP) is 2.51. The quantitative estimate of drug-likeness (QED) is 0.348. The summed E-state index contributed by atoms with van der Waals surface area (Å²) in [5.41, 5.74) is 0.294. The SMILES string of the molecule is CCOc1cc([N+](=O)[O-])c(C(=O)OCC(=O)N2CCN(c3ccccc3)CC2)cc1OC. The number of anilines is 1. The van der Waals surface area contributed by atoms with E-state index in [1.807, 2.05) is 30.3 Å². The number of hydrogen-bond acceptors (Lipinski definition) is 8. The molecule has 0 radical (unpaired) electrons. The van der Waals surface area contributed by atoms with E-state index in [0.29, 0.717) is 26.2 Å². The van der Waals surface area contributed by atoms with Crippen LogP contribution in [0.3, 0.4) is 0 Å². The number of carbonyl (C=O) groups is 2. The van der Waals surface area contributed by atoms with Crippen LogP contribution in [0.1, 0.15) is 17.3 Å². The van der Waals surface area contributed by atoms with Crippen molar-refractivity contribution in [2.75, 3.05) is 51.4 Å². The number of carbonyl (C=O) groups excluding carboxylic acids is 2. The van der Waals surface area contributed by atoms with Gasteiger partial charge in [-0.2, -0.15) is 0 Å². The van der Waals surface area contributed by atoms with Gasteiger partial charge in [0.1, 0.15) is 5.56 Å². The van der Waals surface area contributed by atoms with Gasteiger partial charge in [0.25, 0.3) is 11.6 Å². The third-order valence-corrected chi connectivity index (χ3v) is 5.08. The molecule has 170 valence electrons. The Bertz CT molecular complexity index is 973. The number of para-hydroxylation sites is 1. The topological polar surface area (TPSA) is 111 Å². The van der Waals surface area contributed by atoms with Gasteiger partial charge in [0.05, 0.1) is 24.7 Å². The van der Waals surface area contributed by atoms with Crippen molar-refractivity contribution >= 4 is 23.3 Å². The molecule has 32 heavy (non-hydrogen) atoms. The number of nitrogens with zero attached hydrogens (tertiary/aromatic N) is 3. The fourth-order valence-electron chi connectivity index (χ4n) is 3.44. The largest absolute Gasteiger partial charge is 0.493 e. The van der Waals surface area contributed by atoms with Crippen LogP contribution in [0, 0.1) is 10.1 Å². The molecule has 1 heterocycles. The minimum atomic E-state index is -0.977. The summed E-state index contributed by atoms with van der Waals surface area (Å²) in [5, 5.41) is 11.4. The first-order valence-corrected chi connectivity index (χ1v) is 10.2. The Labute approximate surface area is 185 Å². The summed E-state index contributed by atoms with van der Waals surface area (Å²) in [6.07, 6.45) is 0. The van der Waals surface area contributed by atoms with Crippen molar-refractivity contribution in [1.82, 2.24) is 4.90 Å². The predicted molar refractivity (Wildman–Crippen MR) is 116 cm³/mol. The molecule has 0 aromatic heterocycles. The van der Waals surface area contributed by atoms with Gasteiger partial charge in [-0.15, -0.1) is 0 Å². The summed E-state index contributed by atoms with van der Waals surface area (Å²) < 4.78 is 15.6. The lowest BCUT2D eigenvalue weighted by Gasteiger charge is -2.36. The van der Waals surface area contributed by atoms with Gasteiger partial charge in [-0.25, -0.2) is 4.79 Å². The van der Waals surface area contributed by atoms with E-state index in [2.05, 4.69) is 4.90 Å². The summed E-state index contributed by atoms with van der Waals surface area (Å²) in [5.74, 6) is -1.03. The molecule has 0 aliphatic carbocycles. The molecule has 2 aromatic carbocycles. The summed E-state index contributed by atoms with van der Waals surface area (Å²) in [4.78, 5) is 39.6. The Kier molecular flexibility index (Phi) is 7.48. The maximum absolute atomic E-state index is 12.5. The molecule has 1 saturated heterocycles. The van der Waals surface area contributed by atoms with Crippen molar-refractivity contribution in [2.24, 2.45) is 0 Å². The third kappa shape index (κ3) is 5.26. The zero-order chi connectivity index (χ0) is 23.1. The van der Waals surface area contributed by atoms with Gasteiger partial charge < -0.3 is 24.0 Å². The van der Waals surface area contributed by atoms with E-state index in [4.69, 9.17) is 14.2 Å². The molecular formula is C22H25N3O7. The van der Waals surface area contributed by atoms with Gasteiger partial charge in [0, 0.05) is 37.9 Å². The van der Waals surface area contributed by atoms with Crippen LogP contribution in [0.4, 0.5) is 11.4 Å². The van der Waals surface area contributed by atoms with Gasteiger partial charge >= 0.3 is 5.97 Å². The molecule has 10 heteroatoms. The van der Waals surface area contributed by atoms with Crippen LogP contribution in [0.5, 0.6) is 11.5 Å². The summed E-state index contributed by atoms with van der Waals surface area (Å²) in [6.45, 7) is 3.78. The van der Waals surface area contributed by atoms with E-state index in [0.717, 1.165) is 11.8 Å². The van der Waals surface area contributed by atoms with Crippen molar-refractivity contribution < 1.29 is 28.7 Å². The van der Waals surface area contributed by atoms with E-state index in [9.17, 15) is 19.7 Å². The molecule has 0 bridgehead atoms. The molecule has 2 aromatic rings. The Hall–Kier alpha value is -3.82. The third-order valence-electron chi connectivity index (χ3n) is 5.08. The lowest BCUT2D eigenvalue weighted by atomic mass is 10.1. The Balaban J connectivity index is 1.61. The zero-order valence-corrected chi connectivity index (χ0v) is 18.0. The molecule has 1 amide bonds. The number of esters is 1. The van der Waals surface area contributed by atoms with E-state index in [1.54, 1.807) is 11.8 Å². The number of piperazine rings is 1. The molecule has 1 aliphatic rings. The van der Waals surface area contributed by atoms with Gasteiger partial charge in [0.2, 0.25) is 0 Å². The highest BCUT2D eigenvalue weighted by molar-refractivity contribution is 5.96. The van der Waals surface area contributed by atoms with Crippen molar-refractivity contribution in [3.8, 4) is 11.5 Å². The molecule has 0 saturated carbocycles. The zero-order valence-electron chi connectivity index (χ0n) is 18.0. The van der Waals surface area contributed by atoms with E-state index < -0.39 is 23.2 Å². The van der Waals surface area contributed by atoms with E-state index in [1.165, 1.54) is 13.2 Å². The van der Waals surface area contributed by atoms with Crippen molar-refractivity contribution in [2.45, 2.75) is 6.92 Å². The number of hydrogen-bond donors (Lipinski definition) is 0. The highest BCUT2D eigenvalue weighted by atomic mass is 16.6. The normalized spacial score (nSPS) is 13.4. The maximum atomic E-state index is 12.5. The first-order chi connectivity index (χ1) is 15.4. The van der Waals surface area contributed by atoms with Gasteiger partial charge in [-0.1, -0.05) is 18.2 Å². The van der Waals surface area contributed by atoms with Crippen LogP contribution in [0.15, 0.2) is 42.5 Å². The van der Waals surface area contributed by atoms with E-state index in [-0.39, 0.29) is 29.6 Å². The number of methoxy groups -OCH3 is 1. The lowest BCUT2D eigenvalue weighted by Crippen LogP contribution is -2.49. The van der Waals surface area contributed by atoms with E-state index >= 15 is 0 Å². The van der Waals surface area contributed by atoms with Crippen LogP contribution in [-0.2, 0) is 9.53 Å². The Morgan fingerprint density at radius 1 is 1.06 bits per heavy atom.